The molecule has 0 radical (unpaired) electrons. The summed E-state index contributed by atoms with van der Waals surface area (Å²) in [7, 11) is -3.10. The number of sulfone groups is 1. The lowest BCUT2D eigenvalue weighted by atomic mass is 9.78. The van der Waals surface area contributed by atoms with Gasteiger partial charge < -0.3 is 34.8 Å². The van der Waals surface area contributed by atoms with Crippen molar-refractivity contribution >= 4 is 21.4 Å². The highest BCUT2D eigenvalue weighted by molar-refractivity contribution is 7.91. The maximum absolute atomic E-state index is 14.4. The van der Waals surface area contributed by atoms with Crippen LogP contribution in [0.1, 0.15) is 36.1 Å². The summed E-state index contributed by atoms with van der Waals surface area (Å²) >= 11 is 0. The van der Waals surface area contributed by atoms with Crippen LogP contribution < -0.4 is 4.90 Å². The first kappa shape index (κ1) is 34.8. The molecule has 4 aromatic carbocycles. The van der Waals surface area contributed by atoms with Crippen molar-refractivity contribution in [2.45, 2.75) is 60.6 Å². The summed E-state index contributed by atoms with van der Waals surface area (Å²) in [6.07, 6.45) is -8.49. The van der Waals surface area contributed by atoms with Crippen LogP contribution in [0.2, 0.25) is 0 Å². The van der Waals surface area contributed by atoms with Crippen molar-refractivity contribution in [1.82, 2.24) is 0 Å². The number of amides is 1. The second kappa shape index (κ2) is 14.5. The van der Waals surface area contributed by atoms with E-state index in [1.54, 1.807) is 47.4 Å². The molecule has 0 saturated carbocycles. The SMILES string of the molecule is COC1OC(CS(=O)(=O)c2cc(-c3ccccc3)ccc2C2C(CCC(O)c3ccc(F)cc3)C(=O)N2c2ccccc2)C(O)C(O)C1O. The number of aliphatic hydroxyl groups is 4. The summed E-state index contributed by atoms with van der Waals surface area (Å²) in [5.41, 5.74) is 2.74. The van der Waals surface area contributed by atoms with Gasteiger partial charge in [0.25, 0.3) is 0 Å². The maximum atomic E-state index is 14.4. The number of methoxy groups -OCH3 is 1. The van der Waals surface area contributed by atoms with Gasteiger partial charge in [-0.1, -0.05) is 72.8 Å². The van der Waals surface area contributed by atoms with Gasteiger partial charge in [0.15, 0.2) is 16.1 Å². The number of halogens is 1. The van der Waals surface area contributed by atoms with Crippen molar-refractivity contribution in [2.75, 3.05) is 17.8 Å². The molecule has 6 rings (SSSR count). The molecule has 2 saturated heterocycles. The predicted molar refractivity (Wildman–Crippen MR) is 178 cm³/mol. The van der Waals surface area contributed by atoms with Crippen LogP contribution in [0.15, 0.2) is 108 Å². The van der Waals surface area contributed by atoms with Gasteiger partial charge >= 0.3 is 0 Å². The molecular formula is C37H38FNO9S. The van der Waals surface area contributed by atoms with E-state index in [0.29, 0.717) is 22.4 Å². The number of nitrogens with zero attached hydrogens (tertiary/aromatic N) is 1. The van der Waals surface area contributed by atoms with E-state index in [2.05, 4.69) is 0 Å². The number of para-hydroxylation sites is 1. The number of carbonyl (C=O) groups excluding carboxylic acids is 1. The third-order valence-corrected chi connectivity index (χ3v) is 11.1. The highest BCUT2D eigenvalue weighted by atomic mass is 32.2. The Morgan fingerprint density at radius 2 is 1.51 bits per heavy atom. The average molecular weight is 692 g/mol. The number of carbonyl (C=O) groups is 1. The van der Waals surface area contributed by atoms with E-state index in [-0.39, 0.29) is 23.6 Å². The molecule has 4 N–H and O–H groups in total. The van der Waals surface area contributed by atoms with Gasteiger partial charge in [0.2, 0.25) is 5.91 Å². The lowest BCUT2D eigenvalue weighted by Gasteiger charge is -2.48. The molecular weight excluding hydrogens is 653 g/mol. The first-order valence-electron chi connectivity index (χ1n) is 16.0. The van der Waals surface area contributed by atoms with E-state index in [4.69, 9.17) is 9.47 Å². The fourth-order valence-corrected chi connectivity index (χ4v) is 8.41. The normalized spacial score (nSPS) is 26.3. The van der Waals surface area contributed by atoms with E-state index in [9.17, 15) is 38.0 Å². The summed E-state index contributed by atoms with van der Waals surface area (Å²) < 4.78 is 53.1. The van der Waals surface area contributed by atoms with E-state index >= 15 is 0 Å². The Morgan fingerprint density at radius 3 is 2.16 bits per heavy atom. The van der Waals surface area contributed by atoms with Crippen LogP contribution >= 0.6 is 0 Å². The number of ether oxygens (including phenoxy) is 2. The lowest BCUT2D eigenvalue weighted by molar-refractivity contribution is -0.285. The van der Waals surface area contributed by atoms with Gasteiger partial charge in [-0.2, -0.15) is 0 Å². The van der Waals surface area contributed by atoms with Crippen molar-refractivity contribution in [3.05, 3.63) is 120 Å². The molecule has 0 spiro atoms. The third-order valence-electron chi connectivity index (χ3n) is 9.31. The van der Waals surface area contributed by atoms with Crippen LogP contribution in [0.5, 0.6) is 0 Å². The number of rotatable bonds is 11. The zero-order chi connectivity index (χ0) is 34.9. The zero-order valence-electron chi connectivity index (χ0n) is 26.6. The van der Waals surface area contributed by atoms with Crippen LogP contribution in [-0.4, -0.2) is 78.3 Å². The molecule has 2 aliphatic heterocycles. The van der Waals surface area contributed by atoms with Gasteiger partial charge in [-0.05, 0) is 65.4 Å². The fraction of sp³-hybridized carbons (Fsp3) is 0.324. The second-order valence-corrected chi connectivity index (χ2v) is 14.4. The Bertz CT molecular complexity index is 1860. The van der Waals surface area contributed by atoms with Crippen molar-refractivity contribution in [3.8, 4) is 11.1 Å². The van der Waals surface area contributed by atoms with E-state index in [1.165, 1.54) is 37.4 Å². The number of hydrogen-bond acceptors (Lipinski definition) is 9. The number of benzene rings is 4. The standard InChI is InChI=1S/C37H38FNO9S/c1-47-37-35(43)34(42)33(41)30(48-37)21-49(45,46)31-20-24(22-8-4-2-5-9-22)14-17-27(31)32-28(36(44)39(32)26-10-6-3-7-11-26)18-19-29(40)23-12-15-25(38)16-13-23/h2-17,20,28-30,32-35,37,40-43H,18-19,21H2,1H3. The summed E-state index contributed by atoms with van der Waals surface area (Å²) in [5.74, 6) is -2.16. The molecule has 0 aliphatic carbocycles. The minimum Gasteiger partial charge on any atom is -0.388 e. The Hall–Kier alpha value is -4.01. The Morgan fingerprint density at radius 1 is 0.857 bits per heavy atom. The Labute approximate surface area is 283 Å². The van der Waals surface area contributed by atoms with Crippen molar-refractivity contribution in [3.63, 3.8) is 0 Å². The van der Waals surface area contributed by atoms with Crippen LogP contribution in [0.25, 0.3) is 11.1 Å². The first-order chi connectivity index (χ1) is 23.5. The Kier molecular flexibility index (Phi) is 10.3. The number of hydrogen-bond donors (Lipinski definition) is 4. The number of anilines is 1. The van der Waals surface area contributed by atoms with E-state index < -0.39 is 70.2 Å². The molecule has 258 valence electrons. The van der Waals surface area contributed by atoms with Crippen LogP contribution in [0.4, 0.5) is 10.1 Å². The number of β-lactam (4-membered cyclic amide) rings is 1. The summed E-state index contributed by atoms with van der Waals surface area (Å²) in [6, 6.07) is 27.7. The summed E-state index contributed by atoms with van der Waals surface area (Å²) in [6.45, 7) is 0. The van der Waals surface area contributed by atoms with Gasteiger partial charge in [-0.15, -0.1) is 0 Å². The molecule has 0 aromatic heterocycles. The van der Waals surface area contributed by atoms with Crippen LogP contribution in [0.3, 0.4) is 0 Å². The largest absolute Gasteiger partial charge is 0.388 e. The topological polar surface area (TPSA) is 154 Å². The monoisotopic (exact) mass is 691 g/mol. The predicted octanol–water partition coefficient (Wildman–Crippen LogP) is 3.94. The van der Waals surface area contributed by atoms with Gasteiger partial charge in [0, 0.05) is 12.8 Å². The second-order valence-electron chi connectivity index (χ2n) is 12.4. The molecule has 49 heavy (non-hydrogen) atoms. The molecule has 8 unspecified atom stereocenters. The smallest absolute Gasteiger partial charge is 0.233 e. The maximum Gasteiger partial charge on any atom is 0.233 e. The highest BCUT2D eigenvalue weighted by Gasteiger charge is 2.51. The molecule has 2 aliphatic rings. The highest BCUT2D eigenvalue weighted by Crippen LogP contribution is 2.48. The van der Waals surface area contributed by atoms with Crippen molar-refractivity contribution < 1.29 is 47.5 Å². The zero-order valence-corrected chi connectivity index (χ0v) is 27.4. The van der Waals surface area contributed by atoms with E-state index in [1.807, 2.05) is 30.3 Å². The minimum atomic E-state index is -4.33. The summed E-state index contributed by atoms with van der Waals surface area (Å²) in [5, 5.41) is 42.4. The third kappa shape index (κ3) is 7.04. The molecule has 2 fully saturated rings. The first-order valence-corrected chi connectivity index (χ1v) is 17.6. The molecule has 10 nitrogen and oxygen atoms in total. The van der Waals surface area contributed by atoms with Gasteiger partial charge in [0.05, 0.1) is 28.7 Å². The quantitative estimate of drug-likeness (QED) is 0.171. The fourth-order valence-electron chi connectivity index (χ4n) is 6.66. The Balaban J connectivity index is 1.40. The molecule has 8 atom stereocenters. The molecule has 2 heterocycles. The molecule has 1 amide bonds. The average Bonchev–Trinajstić information content (AvgIpc) is 3.11. The molecule has 0 bridgehead atoms. The lowest BCUT2D eigenvalue weighted by Crippen LogP contribution is -2.59. The van der Waals surface area contributed by atoms with Crippen LogP contribution in [0, 0.1) is 11.7 Å². The molecule has 12 heteroatoms. The molecule has 4 aromatic rings. The van der Waals surface area contributed by atoms with Gasteiger partial charge in [0.1, 0.15) is 30.2 Å². The minimum absolute atomic E-state index is 0.0956. The van der Waals surface area contributed by atoms with Crippen molar-refractivity contribution in [1.29, 1.82) is 0 Å². The van der Waals surface area contributed by atoms with Crippen molar-refractivity contribution in [2.24, 2.45) is 5.92 Å². The van der Waals surface area contributed by atoms with Gasteiger partial charge in [-0.3, -0.25) is 4.79 Å². The summed E-state index contributed by atoms with van der Waals surface area (Å²) in [4.78, 5) is 15.3. The van der Waals surface area contributed by atoms with Crippen LogP contribution in [-0.2, 0) is 24.1 Å². The van der Waals surface area contributed by atoms with E-state index in [0.717, 1.165) is 5.56 Å². The van der Waals surface area contributed by atoms with Gasteiger partial charge in [-0.25, -0.2) is 12.8 Å². The number of aliphatic hydroxyl groups excluding tert-OH is 4.